The third kappa shape index (κ3) is 10.3. The van der Waals surface area contributed by atoms with E-state index in [1.807, 2.05) is 6.07 Å². The molecule has 0 bridgehead atoms. The SMILES string of the molecule is C=C1CCC(N2C(=O)c3ccc(N4CCN(CCCCNc5ncc(C(=O)Nc6cc7nccc(Oc8ccc(NC(=O)C9(C(=O)Nc%10ccc(F)cc%10)CC9)cc8)c7cc6OC)nn5)CC4)cc3C2=O)C(=O)N1. The number of benzene rings is 4. The van der Waals surface area contributed by atoms with Gasteiger partial charge in [-0.05, 0) is 130 Å². The van der Waals surface area contributed by atoms with Crippen LogP contribution < -0.4 is 41.0 Å². The monoisotopic (exact) mass is 1000 g/mol. The van der Waals surface area contributed by atoms with E-state index in [-0.39, 0.29) is 17.5 Å². The molecular formula is C53H51FN12O8. The van der Waals surface area contributed by atoms with Crippen LogP contribution in [0, 0.1) is 11.2 Å². The lowest BCUT2D eigenvalue weighted by atomic mass is 10.0. The van der Waals surface area contributed by atoms with E-state index in [0.29, 0.717) is 94.3 Å². The number of piperazine rings is 1. The summed E-state index contributed by atoms with van der Waals surface area (Å²) in [6, 6.07) is 21.6. The maximum atomic E-state index is 13.4. The predicted molar refractivity (Wildman–Crippen MR) is 272 cm³/mol. The van der Waals surface area contributed by atoms with Crippen molar-refractivity contribution in [3.63, 3.8) is 0 Å². The molecule has 3 fully saturated rings. The number of hydrogen-bond donors (Lipinski definition) is 5. The molecule has 10 rings (SSSR count). The van der Waals surface area contributed by atoms with E-state index >= 15 is 0 Å². The molecule has 1 atom stereocenters. The molecule has 2 saturated heterocycles. The minimum Gasteiger partial charge on any atom is -0.495 e. The van der Waals surface area contributed by atoms with Gasteiger partial charge in [0.15, 0.2) is 5.69 Å². The second-order valence-corrected chi connectivity index (χ2v) is 18.4. The number of carbonyl (C=O) groups is 6. The first-order valence-corrected chi connectivity index (χ1v) is 24.2. The summed E-state index contributed by atoms with van der Waals surface area (Å²) in [5, 5.41) is 23.0. The van der Waals surface area contributed by atoms with Crippen LogP contribution in [0.1, 0.15) is 69.7 Å². The fourth-order valence-corrected chi connectivity index (χ4v) is 9.23. The average Bonchev–Trinajstić information content (AvgIpc) is 4.20. The predicted octanol–water partition coefficient (Wildman–Crippen LogP) is 6.37. The van der Waals surface area contributed by atoms with Gasteiger partial charge in [0.25, 0.3) is 17.7 Å². The van der Waals surface area contributed by atoms with Gasteiger partial charge in [0, 0.05) is 67.1 Å². The molecule has 5 heterocycles. The first kappa shape index (κ1) is 48.8. The van der Waals surface area contributed by atoms with E-state index in [4.69, 9.17) is 9.47 Å². The zero-order chi connectivity index (χ0) is 51.5. The number of methoxy groups -OCH3 is 1. The molecule has 3 aliphatic heterocycles. The van der Waals surface area contributed by atoms with E-state index in [1.165, 1.54) is 37.6 Å². The van der Waals surface area contributed by atoms with Gasteiger partial charge in [0.1, 0.15) is 34.5 Å². The highest BCUT2D eigenvalue weighted by molar-refractivity contribution is 6.23. The van der Waals surface area contributed by atoms with Crippen molar-refractivity contribution in [1.29, 1.82) is 0 Å². The Labute approximate surface area is 423 Å². The second-order valence-electron chi connectivity index (χ2n) is 18.4. The van der Waals surface area contributed by atoms with Gasteiger partial charge in [0.2, 0.25) is 23.7 Å². The van der Waals surface area contributed by atoms with Crippen molar-refractivity contribution in [2.45, 2.75) is 44.6 Å². The molecule has 0 radical (unpaired) electrons. The minimum atomic E-state index is -1.21. The standard InChI is InChI=1S/C53H51FN12O8/c1-31-5-16-43(47(68)58-31)66-48(69)37-15-12-35(27-38(37)49(66)70)65-25-23-64(24-26-65)22-4-3-20-56-52-57-30-42(62-63-52)46(67)61-41-29-40-39(28-45(41)73-2)44(17-21-55-40)74-36-13-10-34(11-14-36)60-51(72)53(18-19-53)50(71)59-33-8-6-32(54)7-9-33/h6-15,17,21,27-30,43H,1,3-5,16,18-20,22-26H2,2H3,(H,58,68)(H,59,71)(H,60,72)(H,61,67)(H,56,57,63). The van der Waals surface area contributed by atoms with Crippen LogP contribution in [-0.2, 0) is 14.4 Å². The van der Waals surface area contributed by atoms with Crippen LogP contribution in [0.25, 0.3) is 10.9 Å². The number of anilines is 5. The fraction of sp³-hybridized carbons (Fsp3) is 0.283. The van der Waals surface area contributed by atoms with E-state index in [1.54, 1.807) is 60.8 Å². The van der Waals surface area contributed by atoms with Gasteiger partial charge in [-0.15, -0.1) is 10.2 Å². The van der Waals surface area contributed by atoms with Crippen molar-refractivity contribution in [3.8, 4) is 17.2 Å². The molecule has 20 nitrogen and oxygen atoms in total. The lowest BCUT2D eigenvalue weighted by molar-refractivity contribution is -0.131. The van der Waals surface area contributed by atoms with Crippen LogP contribution in [0.5, 0.6) is 17.2 Å². The van der Waals surface area contributed by atoms with Crippen LogP contribution in [0.2, 0.25) is 0 Å². The Hall–Kier alpha value is -8.85. The van der Waals surface area contributed by atoms with Gasteiger partial charge >= 0.3 is 0 Å². The van der Waals surface area contributed by atoms with Crippen molar-refractivity contribution in [2.75, 3.05) is 72.5 Å². The largest absolute Gasteiger partial charge is 0.495 e. The highest BCUT2D eigenvalue weighted by Gasteiger charge is 2.56. The second kappa shape index (κ2) is 20.7. The normalized spacial score (nSPS) is 17.1. The Morgan fingerprint density at radius 3 is 2.20 bits per heavy atom. The van der Waals surface area contributed by atoms with Crippen molar-refractivity contribution >= 4 is 75.0 Å². The number of allylic oxidation sites excluding steroid dienone is 1. The molecule has 1 aliphatic carbocycles. The summed E-state index contributed by atoms with van der Waals surface area (Å²) < 4.78 is 25.2. The molecule has 21 heteroatoms. The summed E-state index contributed by atoms with van der Waals surface area (Å²) >= 11 is 0. The Bertz CT molecular complexity index is 3200. The topological polar surface area (TPSA) is 242 Å². The molecule has 1 saturated carbocycles. The zero-order valence-corrected chi connectivity index (χ0v) is 40.3. The third-order valence-corrected chi connectivity index (χ3v) is 13.6. The number of halogens is 1. The number of carbonyl (C=O) groups excluding carboxylic acids is 6. The summed E-state index contributed by atoms with van der Waals surface area (Å²) in [6.07, 6.45) is 6.32. The van der Waals surface area contributed by atoms with Gasteiger partial charge in [-0.1, -0.05) is 6.58 Å². The number of amides is 6. The Kier molecular flexibility index (Phi) is 13.6. The zero-order valence-electron chi connectivity index (χ0n) is 40.3. The van der Waals surface area contributed by atoms with E-state index in [0.717, 1.165) is 56.2 Å². The quantitative estimate of drug-likeness (QED) is 0.0379. The van der Waals surface area contributed by atoms with Gasteiger partial charge < -0.3 is 41.0 Å². The smallest absolute Gasteiger partial charge is 0.277 e. The molecule has 1 unspecified atom stereocenters. The maximum absolute atomic E-state index is 13.4. The maximum Gasteiger partial charge on any atom is 0.277 e. The van der Waals surface area contributed by atoms with Crippen molar-refractivity contribution in [1.82, 2.24) is 35.3 Å². The first-order chi connectivity index (χ1) is 35.8. The number of rotatable bonds is 17. The lowest BCUT2D eigenvalue weighted by Gasteiger charge is -2.36. The number of piperidine rings is 1. The highest BCUT2D eigenvalue weighted by Crippen LogP contribution is 2.48. The van der Waals surface area contributed by atoms with Gasteiger partial charge in [-0.3, -0.25) is 43.6 Å². The van der Waals surface area contributed by atoms with Gasteiger partial charge in [0.05, 0.1) is 35.6 Å². The lowest BCUT2D eigenvalue weighted by Crippen LogP contribution is -2.51. The molecule has 378 valence electrons. The summed E-state index contributed by atoms with van der Waals surface area (Å²) in [4.78, 5) is 93.1. The molecule has 74 heavy (non-hydrogen) atoms. The molecule has 0 spiro atoms. The van der Waals surface area contributed by atoms with Gasteiger partial charge in [-0.25, -0.2) is 9.37 Å². The van der Waals surface area contributed by atoms with E-state index in [2.05, 4.69) is 63.1 Å². The third-order valence-electron chi connectivity index (χ3n) is 13.6. The summed E-state index contributed by atoms with van der Waals surface area (Å²) in [5.41, 5.74) is 2.59. The van der Waals surface area contributed by atoms with E-state index in [9.17, 15) is 33.2 Å². The number of fused-ring (bicyclic) bond motifs is 2. The Balaban J connectivity index is 0.663. The fourth-order valence-electron chi connectivity index (χ4n) is 9.23. The summed E-state index contributed by atoms with van der Waals surface area (Å²) in [6.45, 7) is 8.46. The number of unbranched alkanes of at least 4 members (excludes halogenated alkanes) is 1. The van der Waals surface area contributed by atoms with Crippen molar-refractivity contribution in [2.24, 2.45) is 5.41 Å². The number of ether oxygens (including phenoxy) is 2. The number of imide groups is 1. The molecule has 4 aromatic carbocycles. The number of pyridine rings is 1. The molecule has 6 amide bonds. The van der Waals surface area contributed by atoms with E-state index < -0.39 is 46.8 Å². The summed E-state index contributed by atoms with van der Waals surface area (Å²) in [7, 11) is 1.47. The number of nitrogens with zero attached hydrogens (tertiary/aromatic N) is 7. The molecule has 6 aromatic rings. The highest BCUT2D eigenvalue weighted by atomic mass is 19.1. The number of aromatic nitrogens is 4. The average molecular weight is 1000 g/mol. The summed E-state index contributed by atoms with van der Waals surface area (Å²) in [5.74, 6) is -1.60. The van der Waals surface area contributed by atoms with Crippen LogP contribution >= 0.6 is 0 Å². The molecular weight excluding hydrogens is 952 g/mol. The van der Waals surface area contributed by atoms with Crippen LogP contribution in [0.4, 0.5) is 33.1 Å². The van der Waals surface area contributed by atoms with Crippen LogP contribution in [-0.4, -0.2) is 118 Å². The van der Waals surface area contributed by atoms with Crippen molar-refractivity contribution in [3.05, 3.63) is 132 Å². The minimum absolute atomic E-state index is 0.00979. The molecule has 5 N–H and O–H groups in total. The molecule has 4 aliphatic rings. The molecule has 2 aromatic heterocycles. The number of hydrogen-bond acceptors (Lipinski definition) is 15. The van der Waals surface area contributed by atoms with Crippen LogP contribution in [0.3, 0.4) is 0 Å². The Morgan fingerprint density at radius 2 is 1.53 bits per heavy atom. The van der Waals surface area contributed by atoms with Crippen LogP contribution in [0.15, 0.2) is 110 Å². The van der Waals surface area contributed by atoms with Gasteiger partial charge in [-0.2, -0.15) is 0 Å². The van der Waals surface area contributed by atoms with Crippen molar-refractivity contribution < 1.29 is 42.6 Å². The number of nitrogens with one attached hydrogen (secondary N) is 5. The first-order valence-electron chi connectivity index (χ1n) is 24.2. The Morgan fingerprint density at radius 1 is 0.811 bits per heavy atom.